The zero-order valence-electron chi connectivity index (χ0n) is 8.69. The molecule has 0 radical (unpaired) electrons. The highest BCUT2D eigenvalue weighted by atomic mass is 19.1. The van der Waals surface area contributed by atoms with Crippen LogP contribution in [-0.2, 0) is 4.79 Å². The molecule has 4 heteroatoms. The van der Waals surface area contributed by atoms with E-state index < -0.39 is 5.97 Å². The van der Waals surface area contributed by atoms with E-state index in [0.717, 1.165) is 0 Å². The molecule has 0 aliphatic heterocycles. The molecule has 0 atom stereocenters. The summed E-state index contributed by atoms with van der Waals surface area (Å²) in [7, 11) is 0. The second kappa shape index (κ2) is 6.02. The van der Waals surface area contributed by atoms with E-state index in [1.165, 1.54) is 12.1 Å². The van der Waals surface area contributed by atoms with Crippen LogP contribution >= 0.6 is 0 Å². The molecule has 0 bridgehead atoms. The summed E-state index contributed by atoms with van der Waals surface area (Å²) in [6.45, 7) is -0.189. The van der Waals surface area contributed by atoms with Crippen molar-refractivity contribution in [2.75, 3.05) is 6.61 Å². The van der Waals surface area contributed by atoms with E-state index >= 15 is 0 Å². The summed E-state index contributed by atoms with van der Waals surface area (Å²) in [5, 5.41) is 17.6. The fourth-order valence-electron chi connectivity index (χ4n) is 1.31. The number of allylic oxidation sites excluding steroid dienone is 1. The summed E-state index contributed by atoms with van der Waals surface area (Å²) < 4.78 is 12.7. The normalized spacial score (nSPS) is 11.5. The van der Waals surface area contributed by atoms with Crippen LogP contribution in [0.3, 0.4) is 0 Å². The Kier molecular flexibility index (Phi) is 4.66. The lowest BCUT2D eigenvalue weighted by Crippen LogP contribution is -1.95. The molecule has 1 aromatic rings. The fraction of sp³-hybridized carbons (Fsp3) is 0.250. The van der Waals surface area contributed by atoms with Crippen LogP contribution < -0.4 is 0 Å². The molecule has 1 aromatic carbocycles. The summed E-state index contributed by atoms with van der Waals surface area (Å²) >= 11 is 0. The van der Waals surface area contributed by atoms with Crippen molar-refractivity contribution in [2.24, 2.45) is 0 Å². The number of benzene rings is 1. The van der Waals surface area contributed by atoms with Crippen molar-refractivity contribution in [3.63, 3.8) is 0 Å². The molecule has 0 amide bonds. The van der Waals surface area contributed by atoms with E-state index in [-0.39, 0.29) is 18.8 Å². The van der Waals surface area contributed by atoms with Gasteiger partial charge in [-0.05, 0) is 29.7 Å². The molecular weight excluding hydrogens is 211 g/mol. The number of hydrogen-bond acceptors (Lipinski definition) is 2. The van der Waals surface area contributed by atoms with Gasteiger partial charge in [0.15, 0.2) is 0 Å². The lowest BCUT2D eigenvalue weighted by Gasteiger charge is -2.04. The van der Waals surface area contributed by atoms with Gasteiger partial charge in [0.05, 0.1) is 6.61 Å². The second-order valence-corrected chi connectivity index (χ2v) is 3.33. The smallest absolute Gasteiger partial charge is 0.303 e. The number of carboxylic acids is 1. The first kappa shape index (κ1) is 12.4. The molecule has 0 spiro atoms. The minimum atomic E-state index is -0.882. The lowest BCUT2D eigenvalue weighted by molar-refractivity contribution is -0.136. The molecule has 3 nitrogen and oxygen atoms in total. The quantitative estimate of drug-likeness (QED) is 0.804. The van der Waals surface area contributed by atoms with Crippen LogP contribution in [0.4, 0.5) is 4.39 Å². The van der Waals surface area contributed by atoms with Gasteiger partial charge in [0.2, 0.25) is 0 Å². The van der Waals surface area contributed by atoms with Gasteiger partial charge in [-0.25, -0.2) is 4.39 Å². The molecular formula is C12H13FO3. The predicted octanol–water partition coefficient (Wildman–Crippen LogP) is 2.07. The Labute approximate surface area is 92.8 Å². The summed E-state index contributed by atoms with van der Waals surface area (Å²) in [5.41, 5.74) is 1.32. The minimum Gasteiger partial charge on any atom is -0.481 e. The largest absolute Gasteiger partial charge is 0.481 e. The van der Waals surface area contributed by atoms with Crippen molar-refractivity contribution in [1.82, 2.24) is 0 Å². The van der Waals surface area contributed by atoms with Crippen molar-refractivity contribution < 1.29 is 19.4 Å². The highest BCUT2D eigenvalue weighted by Crippen LogP contribution is 2.15. The van der Waals surface area contributed by atoms with E-state index in [9.17, 15) is 9.18 Å². The van der Waals surface area contributed by atoms with Gasteiger partial charge in [-0.2, -0.15) is 0 Å². The first-order valence-electron chi connectivity index (χ1n) is 4.91. The fourth-order valence-corrected chi connectivity index (χ4v) is 1.31. The van der Waals surface area contributed by atoms with E-state index in [1.807, 2.05) is 0 Å². The first-order chi connectivity index (χ1) is 7.63. The van der Waals surface area contributed by atoms with Crippen molar-refractivity contribution in [2.45, 2.75) is 12.8 Å². The van der Waals surface area contributed by atoms with Gasteiger partial charge in [0.25, 0.3) is 0 Å². The molecule has 0 heterocycles. The number of aliphatic hydroxyl groups excluding tert-OH is 1. The monoisotopic (exact) mass is 224 g/mol. The van der Waals surface area contributed by atoms with Gasteiger partial charge >= 0.3 is 5.97 Å². The van der Waals surface area contributed by atoms with E-state index in [4.69, 9.17) is 10.2 Å². The number of carbonyl (C=O) groups is 1. The zero-order valence-corrected chi connectivity index (χ0v) is 8.69. The summed E-state index contributed by atoms with van der Waals surface area (Å²) in [6.07, 6.45) is 2.02. The highest BCUT2D eigenvalue weighted by Gasteiger charge is 2.01. The molecule has 1 rings (SSSR count). The third-order valence-corrected chi connectivity index (χ3v) is 2.13. The molecule has 0 aromatic heterocycles. The van der Waals surface area contributed by atoms with Gasteiger partial charge in [0, 0.05) is 6.42 Å². The summed E-state index contributed by atoms with van der Waals surface area (Å²) in [6, 6.07) is 5.71. The van der Waals surface area contributed by atoms with Gasteiger partial charge in [-0.3, -0.25) is 4.79 Å². The van der Waals surface area contributed by atoms with Crippen LogP contribution in [0.15, 0.2) is 30.3 Å². The lowest BCUT2D eigenvalue weighted by atomic mass is 10.0. The molecule has 0 aliphatic rings. The standard InChI is InChI=1S/C12H13FO3/c13-11-6-4-9(5-7-11)10(8-14)2-1-3-12(15)16/h2,4-7,14H,1,3,8H2,(H,15,16). The number of aliphatic carboxylic acids is 1. The maximum Gasteiger partial charge on any atom is 0.303 e. The van der Waals surface area contributed by atoms with E-state index in [1.54, 1.807) is 18.2 Å². The molecule has 16 heavy (non-hydrogen) atoms. The molecule has 86 valence electrons. The van der Waals surface area contributed by atoms with Crippen LogP contribution in [0.2, 0.25) is 0 Å². The first-order valence-corrected chi connectivity index (χ1v) is 4.91. The predicted molar refractivity (Wildman–Crippen MR) is 58.3 cm³/mol. The van der Waals surface area contributed by atoms with Gasteiger partial charge in [0.1, 0.15) is 5.82 Å². The Morgan fingerprint density at radius 1 is 1.31 bits per heavy atom. The second-order valence-electron chi connectivity index (χ2n) is 3.33. The van der Waals surface area contributed by atoms with Gasteiger partial charge < -0.3 is 10.2 Å². The Hall–Kier alpha value is -1.68. The maximum atomic E-state index is 12.7. The Morgan fingerprint density at radius 3 is 2.44 bits per heavy atom. The average molecular weight is 224 g/mol. The molecule has 0 saturated carbocycles. The Bertz CT molecular complexity index is 382. The van der Waals surface area contributed by atoms with Gasteiger partial charge in [-0.1, -0.05) is 18.2 Å². The number of halogens is 1. The number of hydrogen-bond donors (Lipinski definition) is 2. The maximum absolute atomic E-state index is 12.7. The molecule has 0 fully saturated rings. The molecule has 2 N–H and O–H groups in total. The van der Waals surface area contributed by atoms with Crippen molar-refractivity contribution >= 4 is 11.5 Å². The minimum absolute atomic E-state index is 0.0185. The van der Waals surface area contributed by atoms with Crippen LogP contribution in [0.5, 0.6) is 0 Å². The van der Waals surface area contributed by atoms with Crippen LogP contribution in [0.1, 0.15) is 18.4 Å². The SMILES string of the molecule is O=C(O)CCC=C(CO)c1ccc(F)cc1. The van der Waals surface area contributed by atoms with Crippen molar-refractivity contribution in [3.05, 3.63) is 41.7 Å². The average Bonchev–Trinajstić information content (AvgIpc) is 2.26. The van der Waals surface area contributed by atoms with E-state index in [2.05, 4.69) is 0 Å². The molecule has 0 aliphatic carbocycles. The van der Waals surface area contributed by atoms with Crippen LogP contribution in [0, 0.1) is 5.82 Å². The Balaban J connectivity index is 2.73. The van der Waals surface area contributed by atoms with Crippen LogP contribution in [0.25, 0.3) is 5.57 Å². The number of aliphatic hydroxyl groups is 1. The highest BCUT2D eigenvalue weighted by molar-refractivity contribution is 5.69. The van der Waals surface area contributed by atoms with Crippen LogP contribution in [-0.4, -0.2) is 22.8 Å². The third-order valence-electron chi connectivity index (χ3n) is 2.13. The van der Waals surface area contributed by atoms with Gasteiger partial charge in [-0.15, -0.1) is 0 Å². The topological polar surface area (TPSA) is 57.5 Å². The summed E-state index contributed by atoms with van der Waals surface area (Å²) in [4.78, 5) is 10.3. The van der Waals surface area contributed by atoms with Crippen molar-refractivity contribution in [3.8, 4) is 0 Å². The molecule has 0 unspecified atom stereocenters. The zero-order chi connectivity index (χ0) is 12.0. The number of rotatable bonds is 5. The summed E-state index contributed by atoms with van der Waals surface area (Å²) in [5.74, 6) is -1.22. The van der Waals surface area contributed by atoms with Crippen molar-refractivity contribution in [1.29, 1.82) is 0 Å². The Morgan fingerprint density at radius 2 is 1.94 bits per heavy atom. The van der Waals surface area contributed by atoms with E-state index in [0.29, 0.717) is 17.6 Å². The third kappa shape index (κ3) is 3.82. The molecule has 0 saturated heterocycles. The number of carboxylic acid groups (broad SMARTS) is 1.